The van der Waals surface area contributed by atoms with Crippen LogP contribution in [0.15, 0.2) is 58.5 Å². The second-order valence-electron chi connectivity index (χ2n) is 5.60. The highest BCUT2D eigenvalue weighted by atomic mass is 32.2. The number of ether oxygens (including phenoxy) is 2. The van der Waals surface area contributed by atoms with Crippen LogP contribution in [0.3, 0.4) is 0 Å². The Morgan fingerprint density at radius 3 is 2.88 bits per heavy atom. The van der Waals surface area contributed by atoms with E-state index in [-0.39, 0.29) is 17.8 Å². The van der Waals surface area contributed by atoms with Gasteiger partial charge in [-0.3, -0.25) is 4.79 Å². The molecule has 0 N–H and O–H groups in total. The lowest BCUT2D eigenvalue weighted by atomic mass is 10.1. The molecule has 4 rings (SSSR count). The van der Waals surface area contributed by atoms with Crippen molar-refractivity contribution in [1.82, 2.24) is 0 Å². The summed E-state index contributed by atoms with van der Waals surface area (Å²) in [7, 11) is 0. The van der Waals surface area contributed by atoms with Gasteiger partial charge in [0.2, 0.25) is 6.79 Å². The quantitative estimate of drug-likeness (QED) is 0.526. The highest BCUT2D eigenvalue weighted by Crippen LogP contribution is 2.41. The summed E-state index contributed by atoms with van der Waals surface area (Å²) in [4.78, 5) is 13.4. The summed E-state index contributed by atoms with van der Waals surface area (Å²) in [6, 6.07) is 13.5. The van der Waals surface area contributed by atoms with Crippen LogP contribution in [0.2, 0.25) is 0 Å². The van der Waals surface area contributed by atoms with Crippen molar-refractivity contribution >= 4 is 28.9 Å². The standard InChI is InChI=1S/C19H16O4S2/c20-15(18-4-2-8-24-18)10-19(25-11-14-3-1-7-21-14)13-5-6-16-17(9-13)23-12-22-16/h1-9,19H,10-12H2/t19-/m0/s1. The molecule has 0 aliphatic carbocycles. The predicted molar refractivity (Wildman–Crippen MR) is 98.6 cm³/mol. The van der Waals surface area contributed by atoms with E-state index in [0.29, 0.717) is 12.2 Å². The Kier molecular flexibility index (Phi) is 4.81. The third kappa shape index (κ3) is 3.75. The average Bonchev–Trinajstić information content (AvgIpc) is 3.40. The zero-order valence-corrected chi connectivity index (χ0v) is 15.0. The van der Waals surface area contributed by atoms with Crippen molar-refractivity contribution in [2.45, 2.75) is 17.4 Å². The Balaban J connectivity index is 1.55. The smallest absolute Gasteiger partial charge is 0.231 e. The van der Waals surface area contributed by atoms with Crippen molar-refractivity contribution in [3.05, 3.63) is 70.3 Å². The van der Waals surface area contributed by atoms with Crippen LogP contribution in [0, 0.1) is 0 Å². The summed E-state index contributed by atoms with van der Waals surface area (Å²) >= 11 is 3.18. The lowest BCUT2D eigenvalue weighted by molar-refractivity contribution is 0.0986. The summed E-state index contributed by atoms with van der Waals surface area (Å²) in [6.07, 6.45) is 2.10. The molecular weight excluding hydrogens is 356 g/mol. The Morgan fingerprint density at radius 1 is 1.16 bits per heavy atom. The predicted octanol–water partition coefficient (Wildman–Crippen LogP) is 5.32. The van der Waals surface area contributed by atoms with Crippen molar-refractivity contribution in [1.29, 1.82) is 0 Å². The number of furan rings is 1. The summed E-state index contributed by atoms with van der Waals surface area (Å²) < 4.78 is 16.3. The van der Waals surface area contributed by atoms with Crippen LogP contribution < -0.4 is 9.47 Å². The van der Waals surface area contributed by atoms with Crippen molar-refractivity contribution < 1.29 is 18.7 Å². The number of thioether (sulfide) groups is 1. The van der Waals surface area contributed by atoms with E-state index < -0.39 is 0 Å². The van der Waals surface area contributed by atoms with Gasteiger partial charge in [-0.1, -0.05) is 12.1 Å². The molecule has 0 unspecified atom stereocenters. The highest BCUT2D eigenvalue weighted by Gasteiger charge is 2.22. The first-order valence-electron chi connectivity index (χ1n) is 7.90. The number of thiophene rings is 1. The van der Waals surface area contributed by atoms with Gasteiger partial charge >= 0.3 is 0 Å². The first kappa shape index (κ1) is 16.3. The number of benzene rings is 1. The minimum absolute atomic E-state index is 0.0224. The minimum Gasteiger partial charge on any atom is -0.468 e. The molecule has 1 aromatic carbocycles. The zero-order valence-electron chi connectivity index (χ0n) is 13.3. The van der Waals surface area contributed by atoms with E-state index in [0.717, 1.165) is 27.7 Å². The fourth-order valence-electron chi connectivity index (χ4n) is 2.67. The molecular formula is C19H16O4S2. The van der Waals surface area contributed by atoms with Gasteiger partial charge in [0.25, 0.3) is 0 Å². The molecule has 0 spiro atoms. The molecule has 0 amide bonds. The van der Waals surface area contributed by atoms with E-state index in [2.05, 4.69) is 0 Å². The molecule has 2 aromatic heterocycles. The highest BCUT2D eigenvalue weighted by molar-refractivity contribution is 7.98. The molecule has 0 saturated heterocycles. The zero-order chi connectivity index (χ0) is 17.1. The summed E-state index contributed by atoms with van der Waals surface area (Å²) in [5.74, 6) is 3.26. The number of Topliss-reactive ketones (excluding diaryl/α,β-unsaturated/α-hetero) is 1. The van der Waals surface area contributed by atoms with Crippen LogP contribution >= 0.6 is 23.1 Å². The van der Waals surface area contributed by atoms with Gasteiger partial charge in [-0.05, 0) is 41.3 Å². The van der Waals surface area contributed by atoms with E-state index >= 15 is 0 Å². The Labute approximate surface area is 153 Å². The molecule has 0 saturated carbocycles. The molecule has 0 bridgehead atoms. The first-order valence-corrected chi connectivity index (χ1v) is 9.82. The van der Waals surface area contributed by atoms with Gasteiger partial charge in [0.05, 0.1) is 16.9 Å². The maximum absolute atomic E-state index is 12.6. The summed E-state index contributed by atoms with van der Waals surface area (Å²) in [5.41, 5.74) is 1.06. The van der Waals surface area contributed by atoms with Crippen molar-refractivity contribution in [3.63, 3.8) is 0 Å². The van der Waals surface area contributed by atoms with Gasteiger partial charge in [-0.25, -0.2) is 0 Å². The molecule has 0 radical (unpaired) electrons. The molecule has 128 valence electrons. The molecule has 4 nitrogen and oxygen atoms in total. The van der Waals surface area contributed by atoms with Crippen LogP contribution in [0.4, 0.5) is 0 Å². The van der Waals surface area contributed by atoms with E-state index in [9.17, 15) is 4.79 Å². The summed E-state index contributed by atoms with van der Waals surface area (Å²) in [5, 5.41) is 1.95. The second kappa shape index (κ2) is 7.37. The Morgan fingerprint density at radius 2 is 2.08 bits per heavy atom. The van der Waals surface area contributed by atoms with Gasteiger partial charge in [0, 0.05) is 11.7 Å². The van der Waals surface area contributed by atoms with Crippen LogP contribution in [-0.4, -0.2) is 12.6 Å². The largest absolute Gasteiger partial charge is 0.468 e. The van der Waals surface area contributed by atoms with Crippen molar-refractivity contribution in [2.75, 3.05) is 6.79 Å². The second-order valence-corrected chi connectivity index (χ2v) is 7.74. The molecule has 0 fully saturated rings. The molecule has 6 heteroatoms. The number of carbonyl (C=O) groups excluding carboxylic acids is 1. The van der Waals surface area contributed by atoms with Gasteiger partial charge in [-0.2, -0.15) is 0 Å². The molecule has 1 aliphatic heterocycles. The van der Waals surface area contributed by atoms with Gasteiger partial charge in [0.15, 0.2) is 17.3 Å². The fourth-order valence-corrected chi connectivity index (χ4v) is 4.48. The van der Waals surface area contributed by atoms with E-state index in [1.165, 1.54) is 11.3 Å². The topological polar surface area (TPSA) is 48.7 Å². The van der Waals surface area contributed by atoms with E-state index in [1.807, 2.05) is 47.8 Å². The van der Waals surface area contributed by atoms with Crippen LogP contribution in [0.1, 0.15) is 32.7 Å². The maximum atomic E-state index is 12.6. The molecule has 25 heavy (non-hydrogen) atoms. The number of hydrogen-bond acceptors (Lipinski definition) is 6. The molecule has 1 aliphatic rings. The van der Waals surface area contributed by atoms with Gasteiger partial charge in [-0.15, -0.1) is 23.1 Å². The average molecular weight is 372 g/mol. The van der Waals surface area contributed by atoms with E-state index in [1.54, 1.807) is 18.0 Å². The van der Waals surface area contributed by atoms with Crippen LogP contribution in [0.5, 0.6) is 11.5 Å². The third-order valence-corrected chi connectivity index (χ3v) is 6.15. The van der Waals surface area contributed by atoms with Crippen LogP contribution in [-0.2, 0) is 5.75 Å². The normalized spacial score (nSPS) is 13.8. The lowest BCUT2D eigenvalue weighted by Gasteiger charge is -2.16. The maximum Gasteiger partial charge on any atom is 0.231 e. The van der Waals surface area contributed by atoms with Gasteiger partial charge < -0.3 is 13.9 Å². The monoisotopic (exact) mass is 372 g/mol. The Bertz CT molecular complexity index is 840. The lowest BCUT2D eigenvalue weighted by Crippen LogP contribution is -2.04. The number of ketones is 1. The summed E-state index contributed by atoms with van der Waals surface area (Å²) in [6.45, 7) is 0.247. The number of hydrogen-bond donors (Lipinski definition) is 0. The first-order chi connectivity index (χ1) is 12.3. The van der Waals surface area contributed by atoms with E-state index in [4.69, 9.17) is 13.9 Å². The fraction of sp³-hybridized carbons (Fsp3) is 0.211. The molecule has 3 aromatic rings. The van der Waals surface area contributed by atoms with Gasteiger partial charge in [0.1, 0.15) is 5.76 Å². The Hall–Kier alpha value is -2.18. The molecule has 1 atom stereocenters. The number of rotatable bonds is 7. The van der Waals surface area contributed by atoms with Crippen molar-refractivity contribution in [2.24, 2.45) is 0 Å². The number of fused-ring (bicyclic) bond motifs is 1. The number of carbonyl (C=O) groups is 1. The van der Waals surface area contributed by atoms with Crippen LogP contribution in [0.25, 0.3) is 0 Å². The SMILES string of the molecule is O=C(C[C@H](SCc1ccco1)c1ccc2c(c1)OCO2)c1cccs1. The third-order valence-electron chi connectivity index (χ3n) is 3.94. The minimum atomic E-state index is 0.0224. The van der Waals surface area contributed by atoms with Crippen molar-refractivity contribution in [3.8, 4) is 11.5 Å². The molecule has 3 heterocycles.